The van der Waals surface area contributed by atoms with Crippen LogP contribution in [0.4, 0.5) is 14.5 Å². The molecule has 0 radical (unpaired) electrons. The van der Waals surface area contributed by atoms with Crippen LogP contribution in [0, 0.1) is 18.6 Å². The van der Waals surface area contributed by atoms with E-state index >= 15 is 0 Å². The first kappa shape index (κ1) is 28.2. The molecule has 2 unspecified atom stereocenters. The van der Waals surface area contributed by atoms with Crippen LogP contribution in [-0.4, -0.2) is 30.7 Å². The molecule has 1 fully saturated rings. The van der Waals surface area contributed by atoms with E-state index in [2.05, 4.69) is 10.0 Å². The summed E-state index contributed by atoms with van der Waals surface area (Å²) in [5.41, 5.74) is 3.76. The average molecular weight is 504 g/mol. The topological polar surface area (TPSA) is 53.6 Å². The van der Waals surface area contributed by atoms with Crippen LogP contribution in [0.2, 0.25) is 0 Å². The number of methoxy groups -OCH3 is 1. The van der Waals surface area contributed by atoms with Gasteiger partial charge in [-0.1, -0.05) is 31.6 Å². The first-order valence-electron chi connectivity index (χ1n) is 11.6. The van der Waals surface area contributed by atoms with Gasteiger partial charge in [0.2, 0.25) is 6.41 Å². The number of nitrogens with one attached hydrogen (secondary N) is 2. The number of anilines is 1. The Morgan fingerprint density at radius 2 is 1.86 bits per heavy atom. The fourth-order valence-corrected chi connectivity index (χ4v) is 4.44. The monoisotopic (exact) mass is 503 g/mol. The molecule has 2 atom stereocenters. The lowest BCUT2D eigenvalue weighted by atomic mass is 10.1. The summed E-state index contributed by atoms with van der Waals surface area (Å²) in [5.74, 6) is 0.153. The predicted molar refractivity (Wildman–Crippen MR) is 141 cm³/mol. The molecule has 0 aliphatic heterocycles. The third-order valence-electron chi connectivity index (χ3n) is 5.23. The number of carbonyl (C=O) groups excluding carboxylic acids is 1. The van der Waals surface area contributed by atoms with E-state index in [-0.39, 0.29) is 28.4 Å². The molecule has 1 aliphatic rings. The van der Waals surface area contributed by atoms with Gasteiger partial charge >= 0.3 is 0 Å². The van der Waals surface area contributed by atoms with Crippen molar-refractivity contribution >= 4 is 24.0 Å². The zero-order valence-electron chi connectivity index (χ0n) is 21.4. The van der Waals surface area contributed by atoms with E-state index in [4.69, 9.17) is 4.74 Å². The van der Waals surface area contributed by atoms with E-state index < -0.39 is 5.82 Å². The zero-order chi connectivity index (χ0) is 26.1. The minimum Gasteiger partial charge on any atom is -0.494 e. The molecular formula is C27H35F2N3O2S. The molecule has 0 heterocycles. The number of aryl methyl sites for hydroxylation is 1. The van der Waals surface area contributed by atoms with Crippen molar-refractivity contribution in [3.05, 3.63) is 82.3 Å². The summed E-state index contributed by atoms with van der Waals surface area (Å²) in [6.45, 7) is 9.71. The molecule has 0 aromatic heterocycles. The minimum atomic E-state index is -0.400. The van der Waals surface area contributed by atoms with Gasteiger partial charge in [-0.15, -0.1) is 0 Å². The van der Waals surface area contributed by atoms with Gasteiger partial charge in [-0.2, -0.15) is 0 Å². The van der Waals surface area contributed by atoms with Gasteiger partial charge in [-0.3, -0.25) is 4.79 Å². The Labute approximate surface area is 211 Å². The third-order valence-corrected chi connectivity index (χ3v) is 6.39. The zero-order valence-corrected chi connectivity index (χ0v) is 22.2. The molecule has 2 aromatic carbocycles. The molecule has 0 saturated heterocycles. The highest BCUT2D eigenvalue weighted by Gasteiger charge is 2.40. The maximum absolute atomic E-state index is 14.5. The Hall–Kier alpha value is -3.00. The predicted octanol–water partition coefficient (Wildman–Crippen LogP) is 6.74. The van der Waals surface area contributed by atoms with Crippen molar-refractivity contribution in [2.45, 2.75) is 52.2 Å². The van der Waals surface area contributed by atoms with Crippen molar-refractivity contribution in [1.29, 1.82) is 0 Å². The van der Waals surface area contributed by atoms with Crippen LogP contribution < -0.4 is 14.8 Å². The molecule has 0 bridgehead atoms. The van der Waals surface area contributed by atoms with Crippen LogP contribution in [-0.2, 0) is 4.79 Å². The lowest BCUT2D eigenvalue weighted by molar-refractivity contribution is -0.115. The summed E-state index contributed by atoms with van der Waals surface area (Å²) in [6, 6.07) is 9.83. The molecule has 190 valence electrons. The van der Waals surface area contributed by atoms with Crippen molar-refractivity contribution in [3.63, 3.8) is 0 Å². The Morgan fingerprint density at radius 3 is 2.46 bits per heavy atom. The number of hydrogen-bond donors (Lipinski definition) is 2. The Kier molecular flexibility index (Phi) is 10.6. The van der Waals surface area contributed by atoms with Gasteiger partial charge in [-0.25, -0.2) is 8.78 Å². The fraction of sp³-hybridized carbons (Fsp3) is 0.370. The maximum Gasteiger partial charge on any atom is 0.215 e. The third kappa shape index (κ3) is 7.75. The van der Waals surface area contributed by atoms with Gasteiger partial charge in [0, 0.05) is 12.3 Å². The van der Waals surface area contributed by atoms with Crippen molar-refractivity contribution in [2.75, 3.05) is 19.5 Å². The summed E-state index contributed by atoms with van der Waals surface area (Å²) in [4.78, 5) is 13.0. The lowest BCUT2D eigenvalue weighted by Gasteiger charge is -2.22. The van der Waals surface area contributed by atoms with Crippen LogP contribution >= 0.6 is 11.9 Å². The van der Waals surface area contributed by atoms with E-state index in [0.717, 1.165) is 23.1 Å². The van der Waals surface area contributed by atoms with E-state index in [1.54, 1.807) is 31.3 Å². The molecule has 0 spiro atoms. The fourth-order valence-electron chi connectivity index (χ4n) is 3.38. The lowest BCUT2D eigenvalue weighted by Crippen LogP contribution is -2.26. The van der Waals surface area contributed by atoms with E-state index in [0.29, 0.717) is 17.9 Å². The van der Waals surface area contributed by atoms with Gasteiger partial charge in [0.15, 0.2) is 11.6 Å². The normalized spacial score (nSPS) is 16.7. The first-order valence-corrected chi connectivity index (χ1v) is 12.5. The number of rotatable bonds is 10. The number of hydrogen-bond acceptors (Lipinski definition) is 5. The average Bonchev–Trinajstić information content (AvgIpc) is 3.62. The number of nitrogens with zero attached hydrogens (tertiary/aromatic N) is 1. The molecule has 1 saturated carbocycles. The Bertz CT molecular complexity index is 1080. The SMILES string of the molecule is CC.COc1cc(C2CC2SN/C(C=C(C)C)=C(\Nc2ccc(C)cc2F)N(C)C=O)ccc1F. The number of benzene rings is 2. The molecular weight excluding hydrogens is 468 g/mol. The van der Waals surface area contributed by atoms with Gasteiger partial charge < -0.3 is 19.7 Å². The second-order valence-electron chi connectivity index (χ2n) is 8.30. The van der Waals surface area contributed by atoms with Crippen molar-refractivity contribution in [2.24, 2.45) is 0 Å². The van der Waals surface area contributed by atoms with Crippen molar-refractivity contribution in [1.82, 2.24) is 9.62 Å². The number of amides is 1. The molecule has 1 amide bonds. The van der Waals surface area contributed by atoms with E-state index in [9.17, 15) is 13.6 Å². The summed E-state index contributed by atoms with van der Waals surface area (Å²) < 4.78 is 36.7. The Balaban J connectivity index is 0.00000210. The molecule has 8 heteroatoms. The Morgan fingerprint density at radius 1 is 1.14 bits per heavy atom. The van der Waals surface area contributed by atoms with Gasteiger partial charge in [0.1, 0.15) is 11.6 Å². The molecule has 3 rings (SSSR count). The maximum atomic E-state index is 14.5. The van der Waals surface area contributed by atoms with Crippen molar-refractivity contribution < 1.29 is 18.3 Å². The highest BCUT2D eigenvalue weighted by atomic mass is 32.2. The second kappa shape index (κ2) is 13.2. The number of ether oxygens (including phenoxy) is 1. The highest BCUT2D eigenvalue weighted by Crippen LogP contribution is 2.49. The van der Waals surface area contributed by atoms with Crippen LogP contribution in [0.5, 0.6) is 5.75 Å². The highest BCUT2D eigenvalue weighted by molar-refractivity contribution is 7.98. The summed E-state index contributed by atoms with van der Waals surface area (Å²) >= 11 is 1.52. The van der Waals surface area contributed by atoms with Crippen LogP contribution in [0.15, 0.2) is 59.6 Å². The van der Waals surface area contributed by atoms with Crippen molar-refractivity contribution in [3.8, 4) is 5.75 Å². The van der Waals surface area contributed by atoms with Gasteiger partial charge in [0.25, 0.3) is 0 Å². The van der Waals surface area contributed by atoms with E-state index in [1.807, 2.05) is 40.7 Å². The number of carbonyl (C=O) groups is 1. The quantitative estimate of drug-likeness (QED) is 0.214. The van der Waals surface area contributed by atoms with Gasteiger partial charge in [-0.05, 0) is 86.5 Å². The number of allylic oxidation sites excluding steroid dienone is 2. The standard InChI is InChI=1S/C25H29F2N3O2S.C2H6/c1-15(2)10-22(25(30(4)14-31)28-21-9-6-16(3)11-20(21)27)29-33-24-13-18(24)17-7-8-19(26)23(12-17)32-5;1-2/h6-12,14,18,24,28-29H,13H2,1-5H3;1-2H3/b25-22+;. The summed E-state index contributed by atoms with van der Waals surface area (Å²) in [6.07, 6.45) is 3.50. The smallest absolute Gasteiger partial charge is 0.215 e. The summed E-state index contributed by atoms with van der Waals surface area (Å²) in [5, 5.41) is 3.32. The molecule has 2 N–H and O–H groups in total. The largest absolute Gasteiger partial charge is 0.494 e. The molecule has 35 heavy (non-hydrogen) atoms. The van der Waals surface area contributed by atoms with Gasteiger partial charge in [0.05, 0.1) is 18.5 Å². The molecule has 5 nitrogen and oxygen atoms in total. The molecule has 1 aliphatic carbocycles. The second-order valence-corrected chi connectivity index (χ2v) is 9.35. The van der Waals surface area contributed by atoms with Crippen LogP contribution in [0.3, 0.4) is 0 Å². The summed E-state index contributed by atoms with van der Waals surface area (Å²) in [7, 11) is 3.06. The first-order chi connectivity index (χ1) is 16.7. The van der Waals surface area contributed by atoms with Crippen LogP contribution in [0.25, 0.3) is 0 Å². The van der Waals surface area contributed by atoms with E-state index in [1.165, 1.54) is 36.1 Å². The molecule has 2 aromatic rings. The minimum absolute atomic E-state index is 0.237. The number of halogens is 2. The van der Waals surface area contributed by atoms with Crippen LogP contribution in [0.1, 0.15) is 51.2 Å².